The van der Waals surface area contributed by atoms with Gasteiger partial charge in [-0.25, -0.2) is 0 Å². The third-order valence-electron chi connectivity index (χ3n) is 3.10. The van der Waals surface area contributed by atoms with Crippen LogP contribution in [0.4, 0.5) is 5.69 Å². The van der Waals surface area contributed by atoms with E-state index in [1.807, 2.05) is 23.9 Å². The predicted molar refractivity (Wildman–Crippen MR) is 74.6 cm³/mol. The fraction of sp³-hybridized carbons (Fsp3) is 0.500. The van der Waals surface area contributed by atoms with Crippen LogP contribution in [0.2, 0.25) is 0 Å². The summed E-state index contributed by atoms with van der Waals surface area (Å²) in [4.78, 5) is 2.37. The maximum absolute atomic E-state index is 9.22. The van der Waals surface area contributed by atoms with Crippen molar-refractivity contribution in [1.82, 2.24) is 0 Å². The maximum atomic E-state index is 9.22. The number of benzene rings is 1. The Morgan fingerprint density at radius 2 is 2.18 bits per heavy atom. The Labute approximate surface area is 108 Å². The van der Waals surface area contributed by atoms with Crippen LogP contribution in [-0.2, 0) is 0 Å². The molecule has 0 bridgehead atoms. The Hall–Kier alpha value is -1.14. The van der Waals surface area contributed by atoms with Gasteiger partial charge in [0.15, 0.2) is 0 Å². The molecule has 1 heterocycles. The molecule has 1 aliphatic rings. The molecule has 90 valence electrons. The average molecular weight is 246 g/mol. The first-order chi connectivity index (χ1) is 8.03. The summed E-state index contributed by atoms with van der Waals surface area (Å²) in [7, 11) is 0. The summed E-state index contributed by atoms with van der Waals surface area (Å²) in [5.41, 5.74) is 3.13. The van der Waals surface area contributed by atoms with E-state index in [-0.39, 0.29) is 4.75 Å². The van der Waals surface area contributed by atoms with Crippen LogP contribution in [0.5, 0.6) is 0 Å². The monoisotopic (exact) mass is 246 g/mol. The number of hydrogen-bond acceptors (Lipinski definition) is 3. The van der Waals surface area contributed by atoms with E-state index in [4.69, 9.17) is 0 Å². The minimum atomic E-state index is 0.271. The zero-order valence-corrected chi connectivity index (χ0v) is 11.5. The molecule has 0 aliphatic carbocycles. The Bertz CT molecular complexity index is 460. The van der Waals surface area contributed by atoms with Gasteiger partial charge in [0.05, 0.1) is 11.3 Å². The summed E-state index contributed by atoms with van der Waals surface area (Å²) in [6.45, 7) is 8.68. The first-order valence-electron chi connectivity index (χ1n) is 5.92. The molecule has 2 rings (SSSR count). The molecule has 1 aliphatic heterocycles. The first kappa shape index (κ1) is 12.3. The number of para-hydroxylation sites is 1. The smallest absolute Gasteiger partial charge is 0.101 e. The highest BCUT2D eigenvalue weighted by atomic mass is 32.2. The molecule has 0 spiro atoms. The van der Waals surface area contributed by atoms with Gasteiger partial charge < -0.3 is 4.90 Å². The Kier molecular flexibility index (Phi) is 3.35. The lowest BCUT2D eigenvalue weighted by Crippen LogP contribution is -2.43. The maximum Gasteiger partial charge on any atom is 0.101 e. The standard InChI is InChI=1S/C14H18N2S/c1-11-5-4-6-12(9-15)13(11)16-7-8-17-14(2,3)10-16/h4-6H,7-8,10H2,1-3H3. The van der Waals surface area contributed by atoms with Crippen LogP contribution in [-0.4, -0.2) is 23.6 Å². The lowest BCUT2D eigenvalue weighted by atomic mass is 10.1. The molecule has 2 nitrogen and oxygen atoms in total. The van der Waals surface area contributed by atoms with Crippen LogP contribution in [0.3, 0.4) is 0 Å². The van der Waals surface area contributed by atoms with Crippen molar-refractivity contribution in [2.45, 2.75) is 25.5 Å². The summed E-state index contributed by atoms with van der Waals surface area (Å²) in [5.74, 6) is 1.13. The van der Waals surface area contributed by atoms with Crippen molar-refractivity contribution >= 4 is 17.4 Å². The van der Waals surface area contributed by atoms with Crippen molar-refractivity contribution in [2.24, 2.45) is 0 Å². The first-order valence-corrected chi connectivity index (χ1v) is 6.91. The van der Waals surface area contributed by atoms with Crippen molar-refractivity contribution in [3.63, 3.8) is 0 Å². The molecule has 1 aromatic carbocycles. The van der Waals surface area contributed by atoms with Crippen LogP contribution in [0.25, 0.3) is 0 Å². The molecular formula is C14H18N2S. The molecule has 0 amide bonds. The second kappa shape index (κ2) is 4.62. The topological polar surface area (TPSA) is 27.0 Å². The SMILES string of the molecule is Cc1cccc(C#N)c1N1CCSC(C)(C)C1. The van der Waals surface area contributed by atoms with Crippen molar-refractivity contribution in [1.29, 1.82) is 5.26 Å². The van der Waals surface area contributed by atoms with E-state index in [1.165, 1.54) is 5.56 Å². The highest BCUT2D eigenvalue weighted by Gasteiger charge is 2.28. The normalized spacial score (nSPS) is 18.8. The van der Waals surface area contributed by atoms with Crippen molar-refractivity contribution < 1.29 is 0 Å². The molecule has 3 heteroatoms. The third kappa shape index (κ3) is 2.58. The Morgan fingerprint density at radius 1 is 1.41 bits per heavy atom. The van der Waals surface area contributed by atoms with Gasteiger partial charge in [-0.15, -0.1) is 0 Å². The van der Waals surface area contributed by atoms with Crippen LogP contribution in [0, 0.1) is 18.3 Å². The van der Waals surface area contributed by atoms with E-state index < -0.39 is 0 Å². The minimum absolute atomic E-state index is 0.271. The van der Waals surface area contributed by atoms with Gasteiger partial charge in [0, 0.05) is 23.6 Å². The quantitative estimate of drug-likeness (QED) is 0.761. The number of rotatable bonds is 1. The molecule has 1 fully saturated rings. The van der Waals surface area contributed by atoms with Crippen molar-refractivity contribution in [2.75, 3.05) is 23.7 Å². The molecule has 17 heavy (non-hydrogen) atoms. The zero-order valence-electron chi connectivity index (χ0n) is 10.7. The molecule has 0 N–H and O–H groups in total. The number of aryl methyl sites for hydroxylation is 1. The van der Waals surface area contributed by atoms with Crippen LogP contribution < -0.4 is 4.90 Å². The van der Waals surface area contributed by atoms with Crippen molar-refractivity contribution in [3.05, 3.63) is 29.3 Å². The summed E-state index contributed by atoms with van der Waals surface area (Å²) in [6.07, 6.45) is 0. The van der Waals surface area contributed by atoms with E-state index in [0.29, 0.717) is 0 Å². The van der Waals surface area contributed by atoms with E-state index in [0.717, 1.165) is 30.1 Å². The summed E-state index contributed by atoms with van der Waals surface area (Å²) in [5, 5.41) is 9.22. The molecule has 0 aromatic heterocycles. The summed E-state index contributed by atoms with van der Waals surface area (Å²) < 4.78 is 0.271. The van der Waals surface area contributed by atoms with Gasteiger partial charge in [-0.05, 0) is 32.4 Å². The highest BCUT2D eigenvalue weighted by Crippen LogP contribution is 2.34. The molecule has 1 saturated heterocycles. The predicted octanol–water partition coefficient (Wildman–Crippen LogP) is 3.20. The molecular weight excluding hydrogens is 228 g/mol. The fourth-order valence-electron chi connectivity index (χ4n) is 2.38. The van der Waals surface area contributed by atoms with Gasteiger partial charge in [0.25, 0.3) is 0 Å². The number of thioether (sulfide) groups is 1. The molecule has 1 aromatic rings. The van der Waals surface area contributed by atoms with Crippen molar-refractivity contribution in [3.8, 4) is 6.07 Å². The molecule has 0 atom stereocenters. The van der Waals surface area contributed by atoms with Gasteiger partial charge in [0.2, 0.25) is 0 Å². The zero-order chi connectivity index (χ0) is 12.5. The van der Waals surface area contributed by atoms with E-state index in [2.05, 4.69) is 37.8 Å². The van der Waals surface area contributed by atoms with Gasteiger partial charge in [-0.3, -0.25) is 0 Å². The van der Waals surface area contributed by atoms with Crippen LogP contribution in [0.1, 0.15) is 25.0 Å². The third-order valence-corrected chi connectivity index (χ3v) is 4.40. The molecule has 0 radical (unpaired) electrons. The summed E-state index contributed by atoms with van der Waals surface area (Å²) in [6, 6.07) is 8.27. The van der Waals surface area contributed by atoms with Gasteiger partial charge in [-0.2, -0.15) is 17.0 Å². The fourth-order valence-corrected chi connectivity index (χ4v) is 3.49. The molecule has 0 saturated carbocycles. The second-order valence-electron chi connectivity index (χ2n) is 5.11. The van der Waals surface area contributed by atoms with Gasteiger partial charge >= 0.3 is 0 Å². The minimum Gasteiger partial charge on any atom is -0.368 e. The Balaban J connectivity index is 2.37. The number of anilines is 1. The number of nitriles is 1. The van der Waals surface area contributed by atoms with E-state index in [1.54, 1.807) is 0 Å². The van der Waals surface area contributed by atoms with Gasteiger partial charge in [-0.1, -0.05) is 12.1 Å². The summed E-state index contributed by atoms with van der Waals surface area (Å²) >= 11 is 2.01. The van der Waals surface area contributed by atoms with Crippen LogP contribution in [0.15, 0.2) is 18.2 Å². The number of hydrogen-bond donors (Lipinski definition) is 0. The van der Waals surface area contributed by atoms with E-state index in [9.17, 15) is 5.26 Å². The second-order valence-corrected chi connectivity index (χ2v) is 6.91. The lowest BCUT2D eigenvalue weighted by molar-refractivity contribution is 0.646. The highest BCUT2D eigenvalue weighted by molar-refractivity contribution is 8.00. The Morgan fingerprint density at radius 3 is 2.82 bits per heavy atom. The average Bonchev–Trinajstić information content (AvgIpc) is 2.27. The largest absolute Gasteiger partial charge is 0.368 e. The van der Waals surface area contributed by atoms with E-state index >= 15 is 0 Å². The number of nitrogens with zero attached hydrogens (tertiary/aromatic N) is 2. The lowest BCUT2D eigenvalue weighted by Gasteiger charge is -2.39. The van der Waals surface area contributed by atoms with Gasteiger partial charge in [0.1, 0.15) is 6.07 Å². The van der Waals surface area contributed by atoms with Crippen LogP contribution >= 0.6 is 11.8 Å². The molecule has 0 unspecified atom stereocenters.